The zero-order valence-electron chi connectivity index (χ0n) is 6.39. The fourth-order valence-corrected chi connectivity index (χ4v) is 0.288. The molecule has 0 aromatic rings. The standard InChI is InChI=1S/C7H14N2/c1-5-7(2,3)9-6-8-4/h6H,4-5H2,1-3H3/b9-6-. The van der Waals surface area contributed by atoms with Gasteiger partial charge in [0.05, 0.1) is 5.54 Å². The largest absolute Gasteiger partial charge is 0.268 e. The van der Waals surface area contributed by atoms with Crippen molar-refractivity contribution in [1.82, 2.24) is 0 Å². The van der Waals surface area contributed by atoms with Crippen molar-refractivity contribution in [3.05, 3.63) is 0 Å². The van der Waals surface area contributed by atoms with Crippen molar-refractivity contribution >= 4 is 13.1 Å². The second-order valence-corrected chi connectivity index (χ2v) is 2.59. The third-order valence-corrected chi connectivity index (χ3v) is 1.35. The van der Waals surface area contributed by atoms with Gasteiger partial charge in [-0.1, -0.05) is 6.92 Å². The Balaban J connectivity index is 3.84. The summed E-state index contributed by atoms with van der Waals surface area (Å²) in [6, 6.07) is 0. The number of rotatable bonds is 3. The van der Waals surface area contributed by atoms with Crippen LogP contribution in [0.15, 0.2) is 9.98 Å². The van der Waals surface area contributed by atoms with Crippen LogP contribution in [0.5, 0.6) is 0 Å². The van der Waals surface area contributed by atoms with E-state index in [1.807, 2.05) is 0 Å². The summed E-state index contributed by atoms with van der Waals surface area (Å²) in [5, 5.41) is 0. The van der Waals surface area contributed by atoms with Crippen LogP contribution in [-0.2, 0) is 0 Å². The maximum atomic E-state index is 4.14. The molecule has 0 atom stereocenters. The number of nitrogens with zero attached hydrogens (tertiary/aromatic N) is 2. The quantitative estimate of drug-likeness (QED) is 0.407. The second-order valence-electron chi connectivity index (χ2n) is 2.59. The van der Waals surface area contributed by atoms with Gasteiger partial charge in [-0.25, -0.2) is 0 Å². The topological polar surface area (TPSA) is 24.7 Å². The van der Waals surface area contributed by atoms with E-state index in [1.165, 1.54) is 6.34 Å². The molecule has 0 amide bonds. The molecule has 0 N–H and O–H groups in total. The molecule has 0 rings (SSSR count). The molecule has 0 heterocycles. The molecule has 52 valence electrons. The molecule has 0 aliphatic carbocycles. The molecule has 0 aliphatic heterocycles. The van der Waals surface area contributed by atoms with Gasteiger partial charge in [0, 0.05) is 0 Å². The summed E-state index contributed by atoms with van der Waals surface area (Å²) in [6.07, 6.45) is 2.53. The third-order valence-electron chi connectivity index (χ3n) is 1.35. The summed E-state index contributed by atoms with van der Waals surface area (Å²) in [7, 11) is 0. The maximum Gasteiger partial charge on any atom is 0.109 e. The summed E-state index contributed by atoms with van der Waals surface area (Å²) in [4.78, 5) is 7.67. The van der Waals surface area contributed by atoms with Gasteiger partial charge in [-0.2, -0.15) is 0 Å². The van der Waals surface area contributed by atoms with Crippen LogP contribution in [0, 0.1) is 0 Å². The van der Waals surface area contributed by atoms with Gasteiger partial charge in [-0.05, 0) is 27.0 Å². The summed E-state index contributed by atoms with van der Waals surface area (Å²) < 4.78 is 0. The van der Waals surface area contributed by atoms with E-state index in [-0.39, 0.29) is 5.54 Å². The van der Waals surface area contributed by atoms with Gasteiger partial charge in [0.2, 0.25) is 0 Å². The molecule has 0 bridgehead atoms. The molecule has 0 aromatic heterocycles. The Kier molecular flexibility index (Phi) is 3.13. The van der Waals surface area contributed by atoms with Gasteiger partial charge in [0.1, 0.15) is 6.34 Å². The van der Waals surface area contributed by atoms with Crippen LogP contribution >= 0.6 is 0 Å². The van der Waals surface area contributed by atoms with E-state index in [0.717, 1.165) is 6.42 Å². The highest BCUT2D eigenvalue weighted by Gasteiger charge is 2.09. The lowest BCUT2D eigenvalue weighted by atomic mass is 10.0. The highest BCUT2D eigenvalue weighted by Crippen LogP contribution is 2.11. The average Bonchev–Trinajstić information content (AvgIpc) is 1.84. The zero-order valence-corrected chi connectivity index (χ0v) is 6.39. The van der Waals surface area contributed by atoms with E-state index in [2.05, 4.69) is 37.5 Å². The summed E-state index contributed by atoms with van der Waals surface area (Å²) in [5.41, 5.74) is 0.0290. The summed E-state index contributed by atoms with van der Waals surface area (Å²) in [5.74, 6) is 0. The van der Waals surface area contributed by atoms with Crippen LogP contribution in [0.4, 0.5) is 0 Å². The molecule has 0 aromatic carbocycles. The van der Waals surface area contributed by atoms with E-state index in [9.17, 15) is 0 Å². The van der Waals surface area contributed by atoms with Gasteiger partial charge in [0.25, 0.3) is 0 Å². The SMILES string of the molecule is C=N/C=N\C(C)(C)CC. The molecule has 0 saturated heterocycles. The predicted octanol–water partition coefficient (Wildman–Crippen LogP) is 1.90. The van der Waals surface area contributed by atoms with Crippen LogP contribution in [0.3, 0.4) is 0 Å². The van der Waals surface area contributed by atoms with E-state index in [0.29, 0.717) is 0 Å². The molecule has 2 heteroatoms. The van der Waals surface area contributed by atoms with Gasteiger partial charge >= 0.3 is 0 Å². The minimum Gasteiger partial charge on any atom is -0.268 e. The molecule has 0 radical (unpaired) electrons. The van der Waals surface area contributed by atoms with Crippen molar-refractivity contribution < 1.29 is 0 Å². The lowest BCUT2D eigenvalue weighted by molar-refractivity contribution is 0.507. The first kappa shape index (κ1) is 8.34. The summed E-state index contributed by atoms with van der Waals surface area (Å²) in [6.45, 7) is 9.52. The maximum absolute atomic E-state index is 4.14. The Morgan fingerprint density at radius 2 is 2.11 bits per heavy atom. The average molecular weight is 126 g/mol. The van der Waals surface area contributed by atoms with E-state index in [4.69, 9.17) is 0 Å². The van der Waals surface area contributed by atoms with Gasteiger partial charge in [-0.3, -0.25) is 9.98 Å². The van der Waals surface area contributed by atoms with Crippen molar-refractivity contribution in [3.8, 4) is 0 Å². The predicted molar refractivity (Wildman–Crippen MR) is 42.4 cm³/mol. The first-order valence-corrected chi connectivity index (χ1v) is 3.12. The molecular formula is C7H14N2. The third kappa shape index (κ3) is 3.88. The Labute approximate surface area is 56.7 Å². The highest BCUT2D eigenvalue weighted by molar-refractivity contribution is 5.62. The fraction of sp³-hybridized carbons (Fsp3) is 0.714. The van der Waals surface area contributed by atoms with Crippen LogP contribution in [0.1, 0.15) is 27.2 Å². The van der Waals surface area contributed by atoms with E-state index in [1.54, 1.807) is 0 Å². The molecule has 0 saturated carbocycles. The monoisotopic (exact) mass is 126 g/mol. The summed E-state index contributed by atoms with van der Waals surface area (Å²) >= 11 is 0. The van der Waals surface area contributed by atoms with E-state index >= 15 is 0 Å². The zero-order chi connectivity index (χ0) is 7.33. The number of aliphatic imine (C=N–C) groups is 2. The minimum atomic E-state index is 0.0290. The first-order chi connectivity index (χ1) is 4.12. The lowest BCUT2D eigenvalue weighted by Crippen LogP contribution is -2.14. The Hall–Kier alpha value is -0.660. The normalized spacial score (nSPS) is 12.3. The lowest BCUT2D eigenvalue weighted by Gasteiger charge is -2.14. The van der Waals surface area contributed by atoms with Gasteiger partial charge < -0.3 is 0 Å². The van der Waals surface area contributed by atoms with E-state index < -0.39 is 0 Å². The highest BCUT2D eigenvalue weighted by atomic mass is 14.9. The first-order valence-electron chi connectivity index (χ1n) is 3.12. The van der Waals surface area contributed by atoms with Crippen LogP contribution in [0.2, 0.25) is 0 Å². The Morgan fingerprint density at radius 1 is 1.56 bits per heavy atom. The molecular weight excluding hydrogens is 112 g/mol. The van der Waals surface area contributed by atoms with Crippen molar-refractivity contribution in [3.63, 3.8) is 0 Å². The smallest absolute Gasteiger partial charge is 0.109 e. The minimum absolute atomic E-state index is 0.0290. The van der Waals surface area contributed by atoms with Crippen LogP contribution in [-0.4, -0.2) is 18.6 Å². The van der Waals surface area contributed by atoms with Crippen LogP contribution < -0.4 is 0 Å². The Bertz CT molecular complexity index is 114. The number of hydrogen-bond acceptors (Lipinski definition) is 1. The second kappa shape index (κ2) is 3.38. The molecule has 0 fully saturated rings. The van der Waals surface area contributed by atoms with Crippen LogP contribution in [0.25, 0.3) is 0 Å². The van der Waals surface area contributed by atoms with Crippen molar-refractivity contribution in [2.45, 2.75) is 32.7 Å². The molecule has 0 spiro atoms. The molecule has 0 unspecified atom stereocenters. The number of hydrogen-bond donors (Lipinski definition) is 0. The van der Waals surface area contributed by atoms with Gasteiger partial charge in [0.15, 0.2) is 0 Å². The molecule has 2 nitrogen and oxygen atoms in total. The fourth-order valence-electron chi connectivity index (χ4n) is 0.288. The molecule has 9 heavy (non-hydrogen) atoms. The van der Waals surface area contributed by atoms with Crippen molar-refractivity contribution in [2.75, 3.05) is 0 Å². The van der Waals surface area contributed by atoms with Crippen molar-refractivity contribution in [2.24, 2.45) is 9.98 Å². The molecule has 0 aliphatic rings. The van der Waals surface area contributed by atoms with Crippen molar-refractivity contribution in [1.29, 1.82) is 0 Å². The Morgan fingerprint density at radius 3 is 2.44 bits per heavy atom. The van der Waals surface area contributed by atoms with Gasteiger partial charge in [-0.15, -0.1) is 0 Å².